The smallest absolute Gasteiger partial charge is 0.310 e. The Balaban J connectivity index is 2.46. The predicted molar refractivity (Wildman–Crippen MR) is 59.8 cm³/mol. The molecule has 1 rings (SSSR count). The van der Waals surface area contributed by atoms with Crippen molar-refractivity contribution in [3.05, 3.63) is 34.4 Å². The van der Waals surface area contributed by atoms with Gasteiger partial charge < -0.3 is 9.47 Å². The first kappa shape index (κ1) is 13.0. The van der Waals surface area contributed by atoms with Gasteiger partial charge in [0.2, 0.25) is 0 Å². The number of nitro groups is 1. The molecule has 6 nitrogen and oxygen atoms in total. The summed E-state index contributed by atoms with van der Waals surface area (Å²) in [5.74, 6) is -0.112. The van der Waals surface area contributed by atoms with Crippen LogP contribution in [0.4, 0.5) is 5.69 Å². The van der Waals surface area contributed by atoms with Crippen LogP contribution in [0, 0.1) is 10.1 Å². The predicted octanol–water partition coefficient (Wildman–Crippen LogP) is 1.93. The minimum atomic E-state index is -0.504. The van der Waals surface area contributed by atoms with Gasteiger partial charge in [0, 0.05) is 12.5 Å². The highest BCUT2D eigenvalue weighted by molar-refractivity contribution is 5.69. The van der Waals surface area contributed by atoms with Crippen molar-refractivity contribution in [1.82, 2.24) is 0 Å². The number of esters is 1. The number of rotatable bonds is 6. The Morgan fingerprint density at radius 1 is 1.41 bits per heavy atom. The number of methoxy groups -OCH3 is 1. The Bertz CT molecular complexity index is 405. The molecular formula is C11H13NO5. The van der Waals surface area contributed by atoms with Gasteiger partial charge in [-0.3, -0.25) is 14.9 Å². The molecular weight excluding hydrogens is 226 g/mol. The zero-order chi connectivity index (χ0) is 12.7. The van der Waals surface area contributed by atoms with E-state index in [9.17, 15) is 14.9 Å². The molecule has 92 valence electrons. The number of nitro benzene ring substituents is 1. The molecule has 0 aliphatic rings. The van der Waals surface area contributed by atoms with Crippen molar-refractivity contribution >= 4 is 11.7 Å². The second kappa shape index (κ2) is 6.47. The van der Waals surface area contributed by atoms with Gasteiger partial charge in [0.15, 0.2) is 5.75 Å². The quantitative estimate of drug-likeness (QED) is 0.328. The third kappa shape index (κ3) is 4.10. The first-order chi connectivity index (χ1) is 8.15. The van der Waals surface area contributed by atoms with E-state index < -0.39 is 4.92 Å². The summed E-state index contributed by atoms with van der Waals surface area (Å²) in [4.78, 5) is 21.0. The van der Waals surface area contributed by atoms with Crippen molar-refractivity contribution in [3.8, 4) is 5.75 Å². The molecule has 0 fully saturated rings. The van der Waals surface area contributed by atoms with Crippen LogP contribution in [-0.4, -0.2) is 24.6 Å². The second-order valence-electron chi connectivity index (χ2n) is 3.25. The third-order valence-corrected chi connectivity index (χ3v) is 2.07. The number of carbonyl (C=O) groups is 1. The normalized spacial score (nSPS) is 9.71. The lowest BCUT2D eigenvalue weighted by atomic mass is 10.3. The lowest BCUT2D eigenvalue weighted by Gasteiger charge is -2.05. The fourth-order valence-corrected chi connectivity index (χ4v) is 1.23. The van der Waals surface area contributed by atoms with Crippen molar-refractivity contribution in [2.45, 2.75) is 12.8 Å². The molecule has 0 radical (unpaired) electrons. The molecule has 0 heterocycles. The van der Waals surface area contributed by atoms with Gasteiger partial charge in [-0.25, -0.2) is 0 Å². The van der Waals surface area contributed by atoms with E-state index in [-0.39, 0.29) is 30.4 Å². The zero-order valence-corrected chi connectivity index (χ0v) is 9.42. The van der Waals surface area contributed by atoms with E-state index in [4.69, 9.17) is 4.74 Å². The average molecular weight is 239 g/mol. The Labute approximate surface area is 98.3 Å². The Morgan fingerprint density at radius 3 is 2.76 bits per heavy atom. The van der Waals surface area contributed by atoms with Crippen LogP contribution in [0.2, 0.25) is 0 Å². The molecule has 0 bridgehead atoms. The van der Waals surface area contributed by atoms with E-state index in [1.54, 1.807) is 12.1 Å². The number of hydrogen-bond acceptors (Lipinski definition) is 5. The molecule has 0 amide bonds. The van der Waals surface area contributed by atoms with Crippen LogP contribution < -0.4 is 4.74 Å². The standard InChI is InChI=1S/C11H13NO5/c1-16-11(13)7-4-8-17-10-6-3-2-5-9(10)12(14)15/h2-3,5-6H,4,7-8H2,1H3. The SMILES string of the molecule is COC(=O)CCCOc1ccccc1[N+](=O)[O-]. The van der Waals surface area contributed by atoms with Crippen LogP contribution in [-0.2, 0) is 9.53 Å². The summed E-state index contributed by atoms with van der Waals surface area (Å²) in [5.41, 5.74) is -0.0782. The molecule has 0 saturated heterocycles. The fraction of sp³-hybridized carbons (Fsp3) is 0.364. The maximum atomic E-state index is 10.8. The summed E-state index contributed by atoms with van der Waals surface area (Å²) < 4.78 is 9.71. The highest BCUT2D eigenvalue weighted by atomic mass is 16.6. The van der Waals surface area contributed by atoms with Gasteiger partial charge in [0.25, 0.3) is 0 Å². The van der Waals surface area contributed by atoms with E-state index in [0.29, 0.717) is 6.42 Å². The molecule has 0 N–H and O–H groups in total. The summed E-state index contributed by atoms with van der Waals surface area (Å²) in [5, 5.41) is 10.7. The maximum Gasteiger partial charge on any atom is 0.310 e. The van der Waals surface area contributed by atoms with Gasteiger partial charge in [0.1, 0.15) is 0 Å². The number of ether oxygens (including phenoxy) is 2. The number of para-hydroxylation sites is 2. The lowest BCUT2D eigenvalue weighted by molar-refractivity contribution is -0.385. The molecule has 1 aromatic carbocycles. The van der Waals surface area contributed by atoms with Crippen molar-refractivity contribution < 1.29 is 19.2 Å². The van der Waals surface area contributed by atoms with E-state index in [0.717, 1.165) is 0 Å². The van der Waals surface area contributed by atoms with Crippen molar-refractivity contribution in [1.29, 1.82) is 0 Å². The molecule has 6 heteroatoms. The van der Waals surface area contributed by atoms with Crippen LogP contribution in [0.25, 0.3) is 0 Å². The number of benzene rings is 1. The van der Waals surface area contributed by atoms with Gasteiger partial charge in [-0.1, -0.05) is 12.1 Å². The highest BCUT2D eigenvalue weighted by Gasteiger charge is 2.13. The lowest BCUT2D eigenvalue weighted by Crippen LogP contribution is -2.05. The minimum Gasteiger partial charge on any atom is -0.487 e. The maximum absolute atomic E-state index is 10.8. The first-order valence-electron chi connectivity index (χ1n) is 5.08. The summed E-state index contributed by atoms with van der Waals surface area (Å²) in [7, 11) is 1.31. The summed E-state index contributed by atoms with van der Waals surface area (Å²) in [6, 6.07) is 6.12. The van der Waals surface area contributed by atoms with Crippen molar-refractivity contribution in [2.24, 2.45) is 0 Å². The van der Waals surface area contributed by atoms with Gasteiger partial charge >= 0.3 is 11.7 Å². The van der Waals surface area contributed by atoms with E-state index in [1.807, 2.05) is 0 Å². The molecule has 0 atom stereocenters. The summed E-state index contributed by atoms with van der Waals surface area (Å²) in [6.07, 6.45) is 0.690. The molecule has 0 unspecified atom stereocenters. The van der Waals surface area contributed by atoms with E-state index >= 15 is 0 Å². The zero-order valence-electron chi connectivity index (χ0n) is 9.42. The molecule has 0 aliphatic heterocycles. The van der Waals surface area contributed by atoms with Crippen LogP contribution in [0.1, 0.15) is 12.8 Å². The molecule has 0 aromatic heterocycles. The summed E-state index contributed by atoms with van der Waals surface area (Å²) >= 11 is 0. The third-order valence-electron chi connectivity index (χ3n) is 2.07. The monoisotopic (exact) mass is 239 g/mol. The average Bonchev–Trinajstić information content (AvgIpc) is 2.34. The minimum absolute atomic E-state index is 0.0782. The summed E-state index contributed by atoms with van der Waals surface area (Å²) in [6.45, 7) is 0.236. The van der Waals surface area contributed by atoms with Crippen LogP contribution >= 0.6 is 0 Å². The second-order valence-corrected chi connectivity index (χ2v) is 3.25. The van der Waals surface area contributed by atoms with E-state index in [1.165, 1.54) is 19.2 Å². The molecule has 0 spiro atoms. The Hall–Kier alpha value is -2.11. The molecule has 17 heavy (non-hydrogen) atoms. The fourth-order valence-electron chi connectivity index (χ4n) is 1.23. The number of hydrogen-bond donors (Lipinski definition) is 0. The molecule has 0 aliphatic carbocycles. The first-order valence-corrected chi connectivity index (χ1v) is 5.08. The van der Waals surface area contributed by atoms with Crippen LogP contribution in [0.3, 0.4) is 0 Å². The number of carbonyl (C=O) groups excluding carboxylic acids is 1. The number of nitrogens with zero attached hydrogens (tertiary/aromatic N) is 1. The van der Waals surface area contributed by atoms with Crippen LogP contribution in [0.5, 0.6) is 5.75 Å². The molecule has 1 aromatic rings. The van der Waals surface area contributed by atoms with Gasteiger partial charge in [-0.15, -0.1) is 0 Å². The largest absolute Gasteiger partial charge is 0.487 e. The highest BCUT2D eigenvalue weighted by Crippen LogP contribution is 2.25. The topological polar surface area (TPSA) is 78.7 Å². The van der Waals surface area contributed by atoms with Crippen molar-refractivity contribution in [2.75, 3.05) is 13.7 Å². The molecule has 0 saturated carbocycles. The van der Waals surface area contributed by atoms with Crippen LogP contribution in [0.15, 0.2) is 24.3 Å². The van der Waals surface area contributed by atoms with Gasteiger partial charge in [0.05, 0.1) is 18.6 Å². The Morgan fingerprint density at radius 2 is 2.12 bits per heavy atom. The van der Waals surface area contributed by atoms with E-state index in [2.05, 4.69) is 4.74 Å². The van der Waals surface area contributed by atoms with Crippen molar-refractivity contribution in [3.63, 3.8) is 0 Å². The van der Waals surface area contributed by atoms with Gasteiger partial charge in [-0.05, 0) is 12.5 Å². The Kier molecular flexibility index (Phi) is 4.93. The van der Waals surface area contributed by atoms with Gasteiger partial charge in [-0.2, -0.15) is 0 Å².